The van der Waals surface area contributed by atoms with E-state index in [2.05, 4.69) is 18.2 Å². The van der Waals surface area contributed by atoms with Gasteiger partial charge in [-0.15, -0.1) is 0 Å². The van der Waals surface area contributed by atoms with Crippen molar-refractivity contribution in [2.75, 3.05) is 13.7 Å². The number of ether oxygens (including phenoxy) is 1. The number of aliphatic hydroxyl groups excluding tert-OH is 1. The van der Waals surface area contributed by atoms with Crippen LogP contribution < -0.4 is 4.74 Å². The van der Waals surface area contributed by atoms with Crippen molar-refractivity contribution < 1.29 is 9.84 Å². The molecule has 2 rings (SSSR count). The Labute approximate surface area is 83.8 Å². The highest BCUT2D eigenvalue weighted by Gasteiger charge is 2.18. The van der Waals surface area contributed by atoms with Gasteiger partial charge in [-0.1, -0.05) is 18.2 Å². The van der Waals surface area contributed by atoms with Crippen LogP contribution in [0.2, 0.25) is 0 Å². The van der Waals surface area contributed by atoms with Gasteiger partial charge in [-0.3, -0.25) is 0 Å². The highest BCUT2D eigenvalue weighted by molar-refractivity contribution is 5.71. The van der Waals surface area contributed by atoms with Crippen LogP contribution in [-0.4, -0.2) is 18.8 Å². The maximum atomic E-state index is 8.87. The van der Waals surface area contributed by atoms with Gasteiger partial charge in [0.2, 0.25) is 0 Å². The number of methoxy groups -OCH3 is 1. The smallest absolute Gasteiger partial charge is 0.118 e. The van der Waals surface area contributed by atoms with Crippen LogP contribution >= 0.6 is 0 Å². The molecule has 0 radical (unpaired) electrons. The summed E-state index contributed by atoms with van der Waals surface area (Å²) in [5.74, 6) is 1.25. The Morgan fingerprint density at radius 2 is 2.00 bits per heavy atom. The molecule has 1 aromatic carbocycles. The maximum absolute atomic E-state index is 8.87. The summed E-state index contributed by atoms with van der Waals surface area (Å²) in [7, 11) is 1.67. The van der Waals surface area contributed by atoms with E-state index in [4.69, 9.17) is 9.84 Å². The van der Waals surface area contributed by atoms with Gasteiger partial charge >= 0.3 is 0 Å². The largest absolute Gasteiger partial charge is 0.497 e. The fraction of sp³-hybridized carbons (Fsp3) is 0.333. The Balaban J connectivity index is 2.11. The SMILES string of the molecule is COc1ccc(C2=CC(CO)C2)cc1. The van der Waals surface area contributed by atoms with Gasteiger partial charge < -0.3 is 9.84 Å². The molecule has 0 spiro atoms. The van der Waals surface area contributed by atoms with Gasteiger partial charge in [0.1, 0.15) is 5.75 Å². The van der Waals surface area contributed by atoms with Gasteiger partial charge in [0.25, 0.3) is 0 Å². The molecule has 0 saturated carbocycles. The van der Waals surface area contributed by atoms with Gasteiger partial charge in [-0.05, 0) is 29.7 Å². The van der Waals surface area contributed by atoms with Gasteiger partial charge in [-0.2, -0.15) is 0 Å². The average molecular weight is 190 g/mol. The molecular formula is C12H14O2. The van der Waals surface area contributed by atoms with Crippen molar-refractivity contribution in [3.05, 3.63) is 35.9 Å². The Morgan fingerprint density at radius 1 is 1.36 bits per heavy atom. The minimum Gasteiger partial charge on any atom is -0.497 e. The summed E-state index contributed by atoms with van der Waals surface area (Å²) in [6.07, 6.45) is 3.12. The topological polar surface area (TPSA) is 29.5 Å². The number of hydrogen-bond donors (Lipinski definition) is 1. The summed E-state index contributed by atoms with van der Waals surface area (Å²) < 4.78 is 5.08. The molecule has 1 unspecified atom stereocenters. The van der Waals surface area contributed by atoms with E-state index >= 15 is 0 Å². The third kappa shape index (κ3) is 1.66. The fourth-order valence-corrected chi connectivity index (χ4v) is 1.67. The molecule has 0 bridgehead atoms. The molecule has 2 nitrogen and oxygen atoms in total. The minimum atomic E-state index is 0.264. The monoisotopic (exact) mass is 190 g/mol. The Hall–Kier alpha value is -1.28. The van der Waals surface area contributed by atoms with Crippen LogP contribution in [0.3, 0.4) is 0 Å². The van der Waals surface area contributed by atoms with E-state index in [9.17, 15) is 0 Å². The summed E-state index contributed by atoms with van der Waals surface area (Å²) in [5.41, 5.74) is 2.56. The van der Waals surface area contributed by atoms with Crippen LogP contribution in [0.25, 0.3) is 5.57 Å². The fourth-order valence-electron chi connectivity index (χ4n) is 1.67. The van der Waals surface area contributed by atoms with Crippen molar-refractivity contribution in [1.82, 2.24) is 0 Å². The quantitative estimate of drug-likeness (QED) is 0.790. The van der Waals surface area contributed by atoms with E-state index in [1.54, 1.807) is 7.11 Å². The second-order valence-electron chi connectivity index (χ2n) is 3.57. The van der Waals surface area contributed by atoms with Crippen LogP contribution in [0.15, 0.2) is 30.3 Å². The Kier molecular flexibility index (Phi) is 2.55. The lowest BCUT2D eigenvalue weighted by Gasteiger charge is -2.23. The zero-order valence-corrected chi connectivity index (χ0v) is 8.23. The maximum Gasteiger partial charge on any atom is 0.118 e. The van der Waals surface area contributed by atoms with Crippen molar-refractivity contribution in [3.8, 4) is 5.75 Å². The normalized spacial score (nSPS) is 19.9. The second kappa shape index (κ2) is 3.84. The van der Waals surface area contributed by atoms with E-state index in [-0.39, 0.29) is 6.61 Å². The predicted molar refractivity (Wildman–Crippen MR) is 56.2 cm³/mol. The summed E-state index contributed by atoms with van der Waals surface area (Å²) in [4.78, 5) is 0. The third-order valence-corrected chi connectivity index (χ3v) is 2.61. The molecule has 74 valence electrons. The summed E-state index contributed by atoms with van der Waals surface area (Å²) in [6, 6.07) is 8.03. The molecule has 1 atom stereocenters. The number of hydrogen-bond acceptors (Lipinski definition) is 2. The van der Waals surface area contributed by atoms with Crippen molar-refractivity contribution >= 4 is 5.57 Å². The van der Waals surface area contributed by atoms with Gasteiger partial charge in [0.15, 0.2) is 0 Å². The lowest BCUT2D eigenvalue weighted by Crippen LogP contribution is -2.12. The first kappa shape index (κ1) is 9.28. The third-order valence-electron chi connectivity index (χ3n) is 2.61. The van der Waals surface area contributed by atoms with E-state index in [1.807, 2.05) is 12.1 Å². The van der Waals surface area contributed by atoms with Crippen LogP contribution in [-0.2, 0) is 0 Å². The molecule has 0 aliphatic heterocycles. The highest BCUT2D eigenvalue weighted by Crippen LogP contribution is 2.34. The first-order valence-corrected chi connectivity index (χ1v) is 4.79. The van der Waals surface area contributed by atoms with Crippen LogP contribution in [0.4, 0.5) is 0 Å². The molecule has 1 aliphatic carbocycles. The predicted octanol–water partition coefficient (Wildman–Crippen LogP) is 2.09. The number of benzene rings is 1. The second-order valence-corrected chi connectivity index (χ2v) is 3.57. The number of allylic oxidation sites excluding steroid dienone is 1. The highest BCUT2D eigenvalue weighted by atomic mass is 16.5. The van der Waals surface area contributed by atoms with Gasteiger partial charge in [0, 0.05) is 12.5 Å². The number of rotatable bonds is 3. The Morgan fingerprint density at radius 3 is 2.50 bits per heavy atom. The molecule has 14 heavy (non-hydrogen) atoms. The molecule has 2 heteroatoms. The summed E-state index contributed by atoms with van der Waals surface area (Å²) in [6.45, 7) is 0.264. The molecule has 0 saturated heterocycles. The first-order valence-electron chi connectivity index (χ1n) is 4.79. The molecule has 1 aliphatic rings. The van der Waals surface area contributed by atoms with E-state index in [0.717, 1.165) is 12.2 Å². The van der Waals surface area contributed by atoms with Crippen LogP contribution in [0.1, 0.15) is 12.0 Å². The van der Waals surface area contributed by atoms with E-state index in [0.29, 0.717) is 5.92 Å². The summed E-state index contributed by atoms with van der Waals surface area (Å²) >= 11 is 0. The molecule has 0 aromatic heterocycles. The molecule has 1 aromatic rings. The van der Waals surface area contributed by atoms with Gasteiger partial charge in [0.05, 0.1) is 7.11 Å². The molecule has 0 amide bonds. The molecule has 0 fully saturated rings. The minimum absolute atomic E-state index is 0.264. The van der Waals surface area contributed by atoms with Crippen LogP contribution in [0, 0.1) is 5.92 Å². The lowest BCUT2D eigenvalue weighted by molar-refractivity contribution is 0.248. The van der Waals surface area contributed by atoms with Crippen molar-refractivity contribution in [2.24, 2.45) is 5.92 Å². The van der Waals surface area contributed by atoms with Crippen molar-refractivity contribution in [3.63, 3.8) is 0 Å². The van der Waals surface area contributed by atoms with Gasteiger partial charge in [-0.25, -0.2) is 0 Å². The summed E-state index contributed by atoms with van der Waals surface area (Å²) in [5, 5.41) is 8.87. The van der Waals surface area contributed by atoms with E-state index < -0.39 is 0 Å². The lowest BCUT2D eigenvalue weighted by atomic mass is 9.83. The zero-order chi connectivity index (χ0) is 9.97. The first-order chi connectivity index (χ1) is 6.83. The Bertz CT molecular complexity index is 338. The standard InChI is InChI=1S/C12H14O2/c1-14-12-4-2-10(3-5-12)11-6-9(7-11)8-13/h2-6,9,13H,7-8H2,1H3. The molecular weight excluding hydrogens is 176 g/mol. The van der Waals surface area contributed by atoms with Crippen molar-refractivity contribution in [2.45, 2.75) is 6.42 Å². The number of aliphatic hydroxyl groups is 1. The van der Waals surface area contributed by atoms with E-state index in [1.165, 1.54) is 11.1 Å². The van der Waals surface area contributed by atoms with Crippen LogP contribution in [0.5, 0.6) is 5.75 Å². The average Bonchev–Trinajstić information content (AvgIpc) is 2.17. The molecule has 0 heterocycles. The molecule has 1 N–H and O–H groups in total. The zero-order valence-electron chi connectivity index (χ0n) is 8.23. The van der Waals surface area contributed by atoms with Crippen molar-refractivity contribution in [1.29, 1.82) is 0 Å².